The monoisotopic (exact) mass is 323 g/mol. The Bertz CT molecular complexity index is 813. The number of rotatable bonds is 2. The van der Waals surface area contributed by atoms with E-state index in [1.165, 1.54) is 19.2 Å². The highest BCUT2D eigenvalue weighted by atomic mass is 19.1. The van der Waals surface area contributed by atoms with Crippen LogP contribution in [0.2, 0.25) is 0 Å². The van der Waals surface area contributed by atoms with Crippen molar-refractivity contribution in [3.63, 3.8) is 0 Å². The second kappa shape index (κ2) is 5.78. The topological polar surface area (TPSA) is 38.3 Å². The van der Waals surface area contributed by atoms with Gasteiger partial charge in [-0.25, -0.2) is 9.18 Å². The van der Waals surface area contributed by atoms with Gasteiger partial charge in [0.2, 0.25) is 0 Å². The van der Waals surface area contributed by atoms with Crippen molar-refractivity contribution < 1.29 is 13.9 Å². The zero-order valence-corrected chi connectivity index (χ0v) is 13.3. The van der Waals surface area contributed by atoms with Crippen molar-refractivity contribution in [1.29, 1.82) is 0 Å². The first-order valence-corrected chi connectivity index (χ1v) is 8.08. The number of hydrogen-bond donors (Lipinski definition) is 1. The highest BCUT2D eigenvalue weighted by Crippen LogP contribution is 2.49. The van der Waals surface area contributed by atoms with Crippen LogP contribution in [-0.2, 0) is 4.74 Å². The fraction of sp³-hybridized carbons (Fsp3) is 0.250. The minimum atomic E-state index is -0.322. The van der Waals surface area contributed by atoms with Crippen LogP contribution in [0.5, 0.6) is 0 Å². The zero-order valence-electron chi connectivity index (χ0n) is 13.3. The molecule has 122 valence electrons. The van der Waals surface area contributed by atoms with Crippen molar-refractivity contribution in [2.75, 3.05) is 12.4 Å². The van der Waals surface area contributed by atoms with Gasteiger partial charge in [-0.3, -0.25) is 0 Å². The van der Waals surface area contributed by atoms with Gasteiger partial charge in [0.15, 0.2) is 0 Å². The van der Waals surface area contributed by atoms with Crippen LogP contribution in [0.4, 0.5) is 10.1 Å². The number of benzene rings is 2. The molecule has 1 aliphatic carbocycles. The molecule has 2 aromatic rings. The standard InChI is InChI=1S/C20H18FNO2/c1-24-20(23)13-7-10-18-17(11-13)15-3-2-4-16(15)19(22-18)12-5-8-14(21)9-6-12/h2-3,5-11,15-16,19,22H,4H2,1H3/t15-,16+,19+/m1/s1. The molecule has 0 amide bonds. The summed E-state index contributed by atoms with van der Waals surface area (Å²) >= 11 is 0. The summed E-state index contributed by atoms with van der Waals surface area (Å²) in [5, 5.41) is 3.57. The Balaban J connectivity index is 1.74. The third kappa shape index (κ3) is 2.39. The molecule has 1 aliphatic heterocycles. The van der Waals surface area contributed by atoms with Crippen molar-refractivity contribution in [3.8, 4) is 0 Å². The summed E-state index contributed by atoms with van der Waals surface area (Å²) in [6.45, 7) is 0. The average Bonchev–Trinajstić information content (AvgIpc) is 3.11. The van der Waals surface area contributed by atoms with E-state index >= 15 is 0 Å². The Labute approximate surface area is 140 Å². The lowest BCUT2D eigenvalue weighted by molar-refractivity contribution is 0.0600. The Morgan fingerprint density at radius 3 is 2.75 bits per heavy atom. The average molecular weight is 323 g/mol. The third-order valence-corrected chi connectivity index (χ3v) is 5.01. The molecule has 0 fully saturated rings. The van der Waals surface area contributed by atoms with Gasteiger partial charge in [-0.15, -0.1) is 0 Å². The number of allylic oxidation sites excluding steroid dienone is 2. The molecular formula is C20H18FNO2. The fourth-order valence-electron chi connectivity index (χ4n) is 3.84. The molecule has 0 aromatic heterocycles. The number of methoxy groups -OCH3 is 1. The Morgan fingerprint density at radius 2 is 2.00 bits per heavy atom. The zero-order chi connectivity index (χ0) is 16.7. The van der Waals surface area contributed by atoms with Crippen molar-refractivity contribution in [2.24, 2.45) is 5.92 Å². The molecule has 3 atom stereocenters. The van der Waals surface area contributed by atoms with Gasteiger partial charge < -0.3 is 10.1 Å². The highest BCUT2D eigenvalue weighted by molar-refractivity contribution is 5.90. The molecule has 0 spiro atoms. The quantitative estimate of drug-likeness (QED) is 0.656. The lowest BCUT2D eigenvalue weighted by Crippen LogP contribution is -2.29. The molecule has 0 saturated heterocycles. The number of hydrogen-bond acceptors (Lipinski definition) is 3. The van der Waals surface area contributed by atoms with Crippen molar-refractivity contribution in [2.45, 2.75) is 18.4 Å². The molecule has 0 radical (unpaired) electrons. The minimum absolute atomic E-state index is 0.127. The van der Waals surface area contributed by atoms with Crippen molar-refractivity contribution in [1.82, 2.24) is 0 Å². The smallest absolute Gasteiger partial charge is 0.337 e. The van der Waals surface area contributed by atoms with E-state index in [9.17, 15) is 9.18 Å². The summed E-state index contributed by atoms with van der Waals surface area (Å²) in [6.07, 6.45) is 5.36. The third-order valence-electron chi connectivity index (χ3n) is 5.01. The lowest BCUT2D eigenvalue weighted by atomic mass is 9.76. The van der Waals surface area contributed by atoms with Gasteiger partial charge in [0.25, 0.3) is 0 Å². The largest absolute Gasteiger partial charge is 0.465 e. The summed E-state index contributed by atoms with van der Waals surface area (Å²) in [5.74, 6) is 0.0625. The van der Waals surface area contributed by atoms with E-state index in [4.69, 9.17) is 4.74 Å². The predicted octanol–water partition coefficient (Wildman–Crippen LogP) is 4.44. The Kier molecular flexibility index (Phi) is 3.60. The van der Waals surface area contributed by atoms with Gasteiger partial charge in [-0.05, 0) is 53.8 Å². The molecule has 2 aliphatic rings. The molecule has 4 heteroatoms. The second-order valence-corrected chi connectivity index (χ2v) is 6.32. The van der Waals surface area contributed by atoms with Gasteiger partial charge >= 0.3 is 5.97 Å². The maximum atomic E-state index is 13.2. The van der Waals surface area contributed by atoms with Crippen LogP contribution in [0.15, 0.2) is 54.6 Å². The number of nitrogens with one attached hydrogen (secondary N) is 1. The molecule has 1 heterocycles. The minimum Gasteiger partial charge on any atom is -0.465 e. The lowest BCUT2D eigenvalue weighted by Gasteiger charge is -2.37. The summed E-state index contributed by atoms with van der Waals surface area (Å²) < 4.78 is 18.1. The molecular weight excluding hydrogens is 305 g/mol. The summed E-state index contributed by atoms with van der Waals surface area (Å²) in [5.41, 5.74) is 3.79. The number of fused-ring (bicyclic) bond motifs is 3. The highest BCUT2D eigenvalue weighted by Gasteiger charge is 2.38. The van der Waals surface area contributed by atoms with Gasteiger partial charge in [0.1, 0.15) is 5.82 Å². The second-order valence-electron chi connectivity index (χ2n) is 6.32. The van der Waals surface area contributed by atoms with Crippen LogP contribution in [0, 0.1) is 11.7 Å². The summed E-state index contributed by atoms with van der Waals surface area (Å²) in [4.78, 5) is 11.8. The summed E-state index contributed by atoms with van der Waals surface area (Å²) in [6, 6.07) is 12.4. The SMILES string of the molecule is COC(=O)c1ccc2c(c1)[C@@H]1C=CC[C@@H]1[C@H](c1ccc(F)cc1)N2. The number of anilines is 1. The molecule has 4 rings (SSSR count). The normalized spacial score (nSPS) is 24.0. The van der Waals surface area contributed by atoms with Crippen LogP contribution in [-0.4, -0.2) is 13.1 Å². The molecule has 0 unspecified atom stereocenters. The molecule has 0 bridgehead atoms. The van der Waals surface area contributed by atoms with Crippen LogP contribution in [0.1, 0.15) is 39.9 Å². The van der Waals surface area contributed by atoms with E-state index in [1.807, 2.05) is 24.3 Å². The van der Waals surface area contributed by atoms with Gasteiger partial charge in [-0.2, -0.15) is 0 Å². The van der Waals surface area contributed by atoms with Gasteiger partial charge in [-0.1, -0.05) is 24.3 Å². The molecule has 24 heavy (non-hydrogen) atoms. The molecule has 1 N–H and O–H groups in total. The van der Waals surface area contributed by atoms with Crippen LogP contribution < -0.4 is 5.32 Å². The predicted molar refractivity (Wildman–Crippen MR) is 90.5 cm³/mol. The van der Waals surface area contributed by atoms with Crippen molar-refractivity contribution >= 4 is 11.7 Å². The van der Waals surface area contributed by atoms with Crippen molar-refractivity contribution in [3.05, 3.63) is 77.1 Å². The van der Waals surface area contributed by atoms with Crippen LogP contribution in [0.3, 0.4) is 0 Å². The molecule has 2 aromatic carbocycles. The summed E-state index contributed by atoms with van der Waals surface area (Å²) in [7, 11) is 1.39. The van der Waals surface area contributed by atoms with Crippen LogP contribution in [0.25, 0.3) is 0 Å². The number of halogens is 1. The van der Waals surface area contributed by atoms with E-state index in [-0.39, 0.29) is 23.7 Å². The molecule has 3 nitrogen and oxygen atoms in total. The van der Waals surface area contributed by atoms with E-state index in [2.05, 4.69) is 17.5 Å². The van der Waals surface area contributed by atoms with E-state index in [0.717, 1.165) is 23.2 Å². The first-order chi connectivity index (χ1) is 11.7. The van der Waals surface area contributed by atoms with Gasteiger partial charge in [0, 0.05) is 11.6 Å². The van der Waals surface area contributed by atoms with E-state index in [1.54, 1.807) is 6.07 Å². The number of ether oxygens (including phenoxy) is 1. The first-order valence-electron chi connectivity index (χ1n) is 8.08. The number of esters is 1. The fourth-order valence-corrected chi connectivity index (χ4v) is 3.84. The maximum Gasteiger partial charge on any atom is 0.337 e. The Morgan fingerprint density at radius 1 is 1.21 bits per heavy atom. The number of carbonyl (C=O) groups excluding carboxylic acids is 1. The number of carbonyl (C=O) groups is 1. The van der Waals surface area contributed by atoms with E-state index in [0.29, 0.717) is 11.5 Å². The van der Waals surface area contributed by atoms with E-state index < -0.39 is 0 Å². The van der Waals surface area contributed by atoms with Gasteiger partial charge in [0.05, 0.1) is 18.7 Å². The molecule has 0 saturated carbocycles. The van der Waals surface area contributed by atoms with Crippen LogP contribution >= 0.6 is 0 Å². The first kappa shape index (κ1) is 14.9. The maximum absolute atomic E-state index is 13.2. The Hall–Kier alpha value is -2.62.